The molecule has 0 aliphatic rings. The molecule has 0 aliphatic heterocycles. The third-order valence-corrected chi connectivity index (χ3v) is 7.70. The van der Waals surface area contributed by atoms with Gasteiger partial charge in [0.2, 0.25) is 0 Å². The van der Waals surface area contributed by atoms with E-state index in [9.17, 15) is 9.67 Å². The zero-order valence-electron chi connectivity index (χ0n) is 21.1. The largest absolute Gasteiger partial charge is 0.507 e. The lowest BCUT2D eigenvalue weighted by Crippen LogP contribution is -2.23. The predicted molar refractivity (Wildman–Crippen MR) is 134 cm³/mol. The van der Waals surface area contributed by atoms with E-state index in [0.717, 1.165) is 22.4 Å². The lowest BCUT2D eigenvalue weighted by atomic mass is 9.79. The predicted octanol–water partition coefficient (Wildman–Crippen LogP) is 7.75. The maximum absolute atomic E-state index is 14.0. The molecule has 0 heterocycles. The molecule has 0 radical (unpaired) electrons. The Morgan fingerprint density at radius 3 is 2.00 bits per heavy atom. The van der Waals surface area contributed by atoms with E-state index < -0.39 is 13.4 Å². The Balaban J connectivity index is 2.54. The number of hydrogen-bond acceptors (Lipinski definition) is 5. The molecule has 0 saturated carbocycles. The van der Waals surface area contributed by atoms with Crippen LogP contribution < -0.4 is 9.84 Å². The lowest BCUT2D eigenvalue weighted by Gasteiger charge is -2.31. The number of phenolic OH excluding ortho intramolecular Hbond substituents is 1. The average Bonchev–Trinajstić information content (AvgIpc) is 2.65. The topological polar surface area (TPSA) is 67.8 Å². The van der Waals surface area contributed by atoms with Crippen molar-refractivity contribution in [1.82, 2.24) is 0 Å². The van der Waals surface area contributed by atoms with Crippen LogP contribution in [0.15, 0.2) is 36.4 Å². The van der Waals surface area contributed by atoms with E-state index in [1.807, 2.05) is 86.6 Å². The minimum absolute atomic E-state index is 0.258. The Hall–Kier alpha value is -1.97. The number of nitrogens with one attached hydrogen (secondary N) is 1. The maximum Gasteiger partial charge on any atom is 0.401 e. The summed E-state index contributed by atoms with van der Waals surface area (Å²) in [5.41, 5.74) is 2.86. The molecule has 2 atom stereocenters. The van der Waals surface area contributed by atoms with Crippen molar-refractivity contribution in [2.45, 2.75) is 85.3 Å². The second-order valence-corrected chi connectivity index (χ2v) is 12.5. The molecule has 0 bridgehead atoms. The van der Waals surface area contributed by atoms with Gasteiger partial charge in [0.25, 0.3) is 0 Å². The summed E-state index contributed by atoms with van der Waals surface area (Å²) in [6, 6.07) is 11.5. The average molecular weight is 462 g/mol. The van der Waals surface area contributed by atoms with Gasteiger partial charge in [-0.3, -0.25) is 4.52 Å². The number of rotatable bonds is 8. The minimum Gasteiger partial charge on any atom is -0.507 e. The summed E-state index contributed by atoms with van der Waals surface area (Å²) in [7, 11) is -3.58. The molecule has 2 aromatic rings. The number of aryl methyl sites for hydroxylation is 1. The first-order valence-electron chi connectivity index (χ1n) is 11.4. The zero-order valence-corrected chi connectivity index (χ0v) is 22.0. The van der Waals surface area contributed by atoms with Gasteiger partial charge in [-0.15, -0.1) is 0 Å². The smallest absolute Gasteiger partial charge is 0.401 e. The van der Waals surface area contributed by atoms with Crippen LogP contribution >= 0.6 is 7.60 Å². The first-order valence-corrected chi connectivity index (χ1v) is 13.0. The van der Waals surface area contributed by atoms with E-state index in [2.05, 4.69) is 5.32 Å². The quantitative estimate of drug-likeness (QED) is 0.393. The Bertz CT molecular complexity index is 938. The molecule has 178 valence electrons. The highest BCUT2D eigenvalue weighted by molar-refractivity contribution is 7.55. The summed E-state index contributed by atoms with van der Waals surface area (Å²) < 4.78 is 26.0. The first kappa shape index (κ1) is 26.3. The van der Waals surface area contributed by atoms with Gasteiger partial charge in [-0.05, 0) is 60.9 Å². The molecule has 0 saturated heterocycles. The number of hydrogen-bond donors (Lipinski definition) is 2. The third-order valence-electron chi connectivity index (χ3n) is 5.36. The molecule has 2 unspecified atom stereocenters. The van der Waals surface area contributed by atoms with Crippen molar-refractivity contribution in [3.05, 3.63) is 53.1 Å². The molecule has 2 aromatic carbocycles. The lowest BCUT2D eigenvalue weighted by molar-refractivity contribution is 0.271. The summed E-state index contributed by atoms with van der Waals surface area (Å²) >= 11 is 0. The van der Waals surface area contributed by atoms with Crippen molar-refractivity contribution >= 4 is 13.3 Å². The summed E-state index contributed by atoms with van der Waals surface area (Å²) in [6.07, 6.45) is 0.557. The molecule has 0 spiro atoms. The van der Waals surface area contributed by atoms with Crippen LogP contribution in [0.3, 0.4) is 0 Å². The maximum atomic E-state index is 14.0. The van der Waals surface area contributed by atoms with Gasteiger partial charge >= 0.3 is 7.60 Å². The van der Waals surface area contributed by atoms with Crippen LogP contribution in [-0.2, 0) is 19.9 Å². The molecule has 5 nitrogen and oxygen atoms in total. The van der Waals surface area contributed by atoms with E-state index in [1.165, 1.54) is 0 Å². The van der Waals surface area contributed by atoms with Gasteiger partial charge in [-0.1, -0.05) is 60.6 Å². The minimum atomic E-state index is -3.58. The van der Waals surface area contributed by atoms with Crippen LogP contribution in [0.2, 0.25) is 0 Å². The van der Waals surface area contributed by atoms with Gasteiger partial charge < -0.3 is 14.9 Å². The molecule has 2 N–H and O–H groups in total. The summed E-state index contributed by atoms with van der Waals surface area (Å²) in [5, 5.41) is 14.3. The monoisotopic (exact) mass is 461 g/mol. The highest BCUT2D eigenvalue weighted by Gasteiger charge is 2.37. The molecule has 32 heavy (non-hydrogen) atoms. The highest BCUT2D eigenvalue weighted by Crippen LogP contribution is 2.55. The van der Waals surface area contributed by atoms with Gasteiger partial charge in [0.15, 0.2) is 0 Å². The van der Waals surface area contributed by atoms with E-state index in [4.69, 9.17) is 9.05 Å². The molecule has 0 aliphatic carbocycles. The molecule has 2 rings (SSSR count). The van der Waals surface area contributed by atoms with Crippen molar-refractivity contribution < 1.29 is 18.7 Å². The van der Waals surface area contributed by atoms with E-state index in [-0.39, 0.29) is 23.2 Å². The van der Waals surface area contributed by atoms with Crippen LogP contribution in [0.25, 0.3) is 0 Å². The highest BCUT2D eigenvalue weighted by atomic mass is 31.2. The summed E-state index contributed by atoms with van der Waals surface area (Å²) in [4.78, 5) is 0. The van der Waals surface area contributed by atoms with E-state index >= 15 is 0 Å². The SMILES string of the molecule is CCOP(=O)(Oc1cc(C(C)(C)C)c(O)c(C(C)(C)C)c1)C(CC)Nc1cccc(C)c1. The van der Waals surface area contributed by atoms with Gasteiger partial charge in [0, 0.05) is 16.8 Å². The zero-order chi connectivity index (χ0) is 24.3. The Morgan fingerprint density at radius 2 is 1.56 bits per heavy atom. The van der Waals surface area contributed by atoms with Gasteiger partial charge in [-0.2, -0.15) is 0 Å². The second-order valence-electron chi connectivity index (χ2n) is 10.4. The number of phenols is 1. The van der Waals surface area contributed by atoms with E-state index in [1.54, 1.807) is 12.1 Å². The van der Waals surface area contributed by atoms with Gasteiger partial charge in [-0.25, -0.2) is 4.57 Å². The Kier molecular flexibility index (Phi) is 8.12. The van der Waals surface area contributed by atoms with Crippen molar-refractivity contribution in [2.24, 2.45) is 0 Å². The van der Waals surface area contributed by atoms with Gasteiger partial charge in [0.05, 0.1) is 6.61 Å². The van der Waals surface area contributed by atoms with Gasteiger partial charge in [0.1, 0.15) is 17.3 Å². The van der Waals surface area contributed by atoms with Crippen molar-refractivity contribution in [2.75, 3.05) is 11.9 Å². The van der Waals surface area contributed by atoms with E-state index in [0.29, 0.717) is 12.2 Å². The fourth-order valence-electron chi connectivity index (χ4n) is 3.64. The van der Waals surface area contributed by atoms with Crippen LogP contribution in [-0.4, -0.2) is 17.5 Å². The third kappa shape index (κ3) is 6.30. The fraction of sp³-hybridized carbons (Fsp3) is 0.538. The molecular formula is C26H40NO4P. The number of anilines is 1. The second kappa shape index (κ2) is 9.89. The normalized spacial score (nSPS) is 15.2. The van der Waals surface area contributed by atoms with Crippen LogP contribution in [0.4, 0.5) is 5.69 Å². The van der Waals surface area contributed by atoms with Crippen LogP contribution in [0.5, 0.6) is 11.5 Å². The molecular weight excluding hydrogens is 421 g/mol. The Morgan fingerprint density at radius 1 is 1.00 bits per heavy atom. The summed E-state index contributed by atoms with van der Waals surface area (Å²) in [6.45, 7) is 18.3. The molecule has 6 heteroatoms. The number of benzene rings is 2. The Labute approximate surface area is 194 Å². The van der Waals surface area contributed by atoms with Crippen LogP contribution in [0, 0.1) is 6.92 Å². The summed E-state index contributed by atoms with van der Waals surface area (Å²) in [5.74, 6) is 0.182. The first-order chi connectivity index (χ1) is 14.7. The van der Waals surface area contributed by atoms with Crippen molar-refractivity contribution in [3.8, 4) is 11.5 Å². The fourth-order valence-corrected chi connectivity index (χ4v) is 5.52. The molecule has 0 fully saturated rings. The van der Waals surface area contributed by atoms with Crippen molar-refractivity contribution in [1.29, 1.82) is 0 Å². The van der Waals surface area contributed by atoms with Crippen molar-refractivity contribution in [3.63, 3.8) is 0 Å². The standard InChI is InChI=1S/C26H40NO4P/c1-10-23(27-19-14-12-13-18(3)15-19)32(29,30-11-2)31-20-16-21(25(4,5)6)24(28)22(17-20)26(7,8)9/h12-17,23,27-28H,10-11H2,1-9H3. The number of aromatic hydroxyl groups is 1. The van der Waals surface area contributed by atoms with Crippen LogP contribution in [0.1, 0.15) is 78.5 Å². The molecule has 0 amide bonds. The molecule has 0 aromatic heterocycles.